The minimum atomic E-state index is -0.147. The van der Waals surface area contributed by atoms with Crippen LogP contribution in [0.4, 0.5) is 0 Å². The van der Waals surface area contributed by atoms with Crippen molar-refractivity contribution in [1.82, 2.24) is 0 Å². The van der Waals surface area contributed by atoms with Crippen LogP contribution >= 0.6 is 8.81 Å². The lowest BCUT2D eigenvalue weighted by Crippen LogP contribution is -2.56. The van der Waals surface area contributed by atoms with E-state index in [0.717, 1.165) is 6.61 Å². The van der Waals surface area contributed by atoms with Crippen LogP contribution in [0.25, 0.3) is 0 Å². The van der Waals surface area contributed by atoms with E-state index in [1.165, 1.54) is 0 Å². The molecule has 0 amide bonds. The Balaban J connectivity index is 2.04. The third-order valence-corrected chi connectivity index (χ3v) is 3.43. The number of fused-ring (bicyclic) bond motifs is 1. The van der Waals surface area contributed by atoms with E-state index >= 15 is 0 Å². The van der Waals surface area contributed by atoms with Gasteiger partial charge >= 0.3 is 0 Å². The molecule has 0 saturated carbocycles. The van der Waals surface area contributed by atoms with E-state index in [9.17, 15) is 0 Å². The summed E-state index contributed by atoms with van der Waals surface area (Å²) in [7, 11) is 0.495. The van der Waals surface area contributed by atoms with Crippen molar-refractivity contribution in [2.45, 2.75) is 38.4 Å². The van der Waals surface area contributed by atoms with Crippen molar-refractivity contribution in [1.29, 1.82) is 0 Å². The van der Waals surface area contributed by atoms with Crippen molar-refractivity contribution in [2.24, 2.45) is 5.92 Å². The molecule has 88 valence electrons. The molecular formula is C10H19O4P. The first-order chi connectivity index (χ1) is 7.22. The molecular weight excluding hydrogens is 215 g/mol. The highest BCUT2D eigenvalue weighted by Crippen LogP contribution is 2.32. The van der Waals surface area contributed by atoms with Gasteiger partial charge in [0, 0.05) is 14.7 Å². The molecule has 0 aromatic heterocycles. The van der Waals surface area contributed by atoms with Gasteiger partial charge in [0.25, 0.3) is 0 Å². The molecule has 6 unspecified atom stereocenters. The van der Waals surface area contributed by atoms with Crippen molar-refractivity contribution in [3.63, 3.8) is 0 Å². The maximum Gasteiger partial charge on any atom is 0.155 e. The van der Waals surface area contributed by atoms with Crippen molar-refractivity contribution in [3.8, 4) is 0 Å². The van der Waals surface area contributed by atoms with Gasteiger partial charge in [-0.05, 0) is 13.6 Å². The van der Waals surface area contributed by atoms with Crippen LogP contribution in [0, 0.1) is 5.92 Å². The van der Waals surface area contributed by atoms with Crippen LogP contribution in [0.5, 0.6) is 0 Å². The van der Waals surface area contributed by atoms with Gasteiger partial charge in [0.05, 0.1) is 19.3 Å². The molecule has 2 aliphatic heterocycles. The molecule has 15 heavy (non-hydrogen) atoms. The first-order valence-corrected chi connectivity index (χ1v) is 6.84. The predicted octanol–water partition coefficient (Wildman–Crippen LogP) is 1.39. The fourth-order valence-electron chi connectivity index (χ4n) is 2.12. The third-order valence-electron chi connectivity index (χ3n) is 2.92. The van der Waals surface area contributed by atoms with Gasteiger partial charge in [0.15, 0.2) is 6.29 Å². The second-order valence-electron chi connectivity index (χ2n) is 4.14. The Morgan fingerprint density at radius 2 is 2.00 bits per heavy atom. The second kappa shape index (κ2) is 5.07. The van der Waals surface area contributed by atoms with Crippen molar-refractivity contribution < 1.29 is 18.7 Å². The summed E-state index contributed by atoms with van der Waals surface area (Å²) in [5.74, 6) is 0.393. The molecule has 2 rings (SSSR count). The fourth-order valence-corrected chi connectivity index (χ4v) is 2.76. The molecule has 0 bridgehead atoms. The first-order valence-electron chi connectivity index (χ1n) is 5.43. The number of hydrogen-bond donors (Lipinski definition) is 0. The summed E-state index contributed by atoms with van der Waals surface area (Å²) in [6.45, 7) is 7.45. The maximum absolute atomic E-state index is 5.78. The highest BCUT2D eigenvalue weighted by Gasteiger charge is 2.43. The lowest BCUT2D eigenvalue weighted by Gasteiger charge is -2.44. The normalized spacial score (nSPS) is 47.0. The highest BCUT2D eigenvalue weighted by molar-refractivity contribution is 7.31. The summed E-state index contributed by atoms with van der Waals surface area (Å²) >= 11 is 0. The van der Waals surface area contributed by atoms with Crippen LogP contribution in [0.1, 0.15) is 13.8 Å². The average molecular weight is 234 g/mol. The third kappa shape index (κ3) is 2.51. The lowest BCUT2D eigenvalue weighted by molar-refractivity contribution is -0.293. The average Bonchev–Trinajstić information content (AvgIpc) is 2.23. The summed E-state index contributed by atoms with van der Waals surface area (Å²) in [4.78, 5) is 0. The van der Waals surface area contributed by atoms with Gasteiger partial charge in [-0.1, -0.05) is 6.92 Å². The Morgan fingerprint density at radius 1 is 1.20 bits per heavy atom. The molecule has 6 atom stereocenters. The highest BCUT2D eigenvalue weighted by atomic mass is 31.1. The summed E-state index contributed by atoms with van der Waals surface area (Å²) in [6, 6.07) is 0. The predicted molar refractivity (Wildman–Crippen MR) is 58.3 cm³/mol. The van der Waals surface area contributed by atoms with Crippen LogP contribution in [-0.2, 0) is 18.7 Å². The molecule has 2 saturated heterocycles. The molecule has 0 spiro atoms. The number of ether oxygens (including phenoxy) is 3. The zero-order valence-corrected chi connectivity index (χ0v) is 10.4. The SMILES string of the molecule is CPOC1C(C)COC2COC(C)OC21. The van der Waals surface area contributed by atoms with E-state index in [4.69, 9.17) is 18.7 Å². The van der Waals surface area contributed by atoms with Gasteiger partial charge in [-0.2, -0.15) is 0 Å². The van der Waals surface area contributed by atoms with Crippen LogP contribution in [0.15, 0.2) is 0 Å². The van der Waals surface area contributed by atoms with Crippen LogP contribution < -0.4 is 0 Å². The Bertz CT molecular complexity index is 212. The summed E-state index contributed by atoms with van der Waals surface area (Å²) < 4.78 is 22.6. The van der Waals surface area contributed by atoms with Gasteiger partial charge < -0.3 is 18.7 Å². The van der Waals surface area contributed by atoms with Gasteiger partial charge in [0.1, 0.15) is 12.2 Å². The van der Waals surface area contributed by atoms with E-state index in [-0.39, 0.29) is 24.6 Å². The Morgan fingerprint density at radius 3 is 2.73 bits per heavy atom. The van der Waals surface area contributed by atoms with Crippen molar-refractivity contribution >= 4 is 8.81 Å². The smallest absolute Gasteiger partial charge is 0.155 e. The quantitative estimate of drug-likeness (QED) is 0.677. The van der Waals surface area contributed by atoms with E-state index in [2.05, 4.69) is 6.92 Å². The Labute approximate surface area is 92.5 Å². The van der Waals surface area contributed by atoms with Crippen molar-refractivity contribution in [2.75, 3.05) is 19.9 Å². The van der Waals surface area contributed by atoms with E-state index in [0.29, 0.717) is 21.3 Å². The molecule has 2 fully saturated rings. The molecule has 0 aliphatic carbocycles. The molecule has 4 nitrogen and oxygen atoms in total. The molecule has 0 radical (unpaired) electrons. The fraction of sp³-hybridized carbons (Fsp3) is 1.00. The summed E-state index contributed by atoms with van der Waals surface area (Å²) in [5.41, 5.74) is 0. The maximum atomic E-state index is 5.78. The van der Waals surface area contributed by atoms with Gasteiger partial charge in [0.2, 0.25) is 0 Å². The minimum Gasteiger partial charge on any atom is -0.373 e. The monoisotopic (exact) mass is 234 g/mol. The van der Waals surface area contributed by atoms with Gasteiger partial charge in [-0.3, -0.25) is 0 Å². The van der Waals surface area contributed by atoms with Gasteiger partial charge in [-0.25, -0.2) is 0 Å². The lowest BCUT2D eigenvalue weighted by atomic mass is 9.93. The minimum absolute atomic E-state index is 0.0324. The van der Waals surface area contributed by atoms with Crippen LogP contribution in [0.2, 0.25) is 0 Å². The first kappa shape index (κ1) is 11.7. The molecule has 5 heteroatoms. The van der Waals surface area contributed by atoms with Crippen LogP contribution in [-0.4, -0.2) is 44.5 Å². The molecule has 2 heterocycles. The van der Waals surface area contributed by atoms with E-state index in [1.54, 1.807) is 0 Å². The zero-order chi connectivity index (χ0) is 10.8. The number of rotatable bonds is 2. The van der Waals surface area contributed by atoms with E-state index in [1.807, 2.05) is 13.6 Å². The largest absolute Gasteiger partial charge is 0.373 e. The zero-order valence-electron chi connectivity index (χ0n) is 9.43. The Kier molecular flexibility index (Phi) is 3.97. The summed E-state index contributed by atoms with van der Waals surface area (Å²) in [5, 5.41) is 0. The standard InChI is InChI=1S/C10H19O4P/c1-6-4-12-8-5-11-7(2)13-10(8)9(6)14-15-3/h6-10,15H,4-5H2,1-3H3. The molecule has 0 N–H and O–H groups in total. The Hall–Kier alpha value is 0.270. The molecule has 2 aliphatic rings. The summed E-state index contributed by atoms with van der Waals surface area (Å²) in [6.07, 6.45) is 0.0774. The van der Waals surface area contributed by atoms with Crippen LogP contribution in [0.3, 0.4) is 0 Å². The molecule has 0 aromatic rings. The van der Waals surface area contributed by atoms with E-state index < -0.39 is 0 Å². The topological polar surface area (TPSA) is 36.9 Å². The van der Waals surface area contributed by atoms with Gasteiger partial charge in [-0.15, -0.1) is 0 Å². The number of hydrogen-bond acceptors (Lipinski definition) is 4. The second-order valence-corrected chi connectivity index (χ2v) is 4.78. The molecule has 0 aromatic carbocycles. The van der Waals surface area contributed by atoms with Crippen molar-refractivity contribution in [3.05, 3.63) is 0 Å².